The fourth-order valence-corrected chi connectivity index (χ4v) is 2.77. The Morgan fingerprint density at radius 3 is 2.50 bits per heavy atom. The maximum atomic E-state index is 12.6. The highest BCUT2D eigenvalue weighted by molar-refractivity contribution is 5.76. The van der Waals surface area contributed by atoms with E-state index in [1.54, 1.807) is 12.1 Å². The van der Waals surface area contributed by atoms with Gasteiger partial charge in [-0.2, -0.15) is 0 Å². The SMILES string of the molecule is O=c1c2ccccc2nnn1Cc1cccc(OCc2ccccc2)c1. The lowest BCUT2D eigenvalue weighted by Gasteiger charge is -2.09. The molecule has 4 rings (SSSR count). The van der Waals surface area contributed by atoms with Crippen molar-refractivity contribution in [1.82, 2.24) is 15.0 Å². The maximum absolute atomic E-state index is 12.6. The molecule has 0 saturated heterocycles. The minimum Gasteiger partial charge on any atom is -0.489 e. The van der Waals surface area contributed by atoms with Crippen LogP contribution in [0.5, 0.6) is 5.75 Å². The van der Waals surface area contributed by atoms with Gasteiger partial charge in [-0.15, -0.1) is 5.10 Å². The lowest BCUT2D eigenvalue weighted by atomic mass is 10.2. The molecule has 0 fully saturated rings. The third kappa shape index (κ3) is 3.47. The van der Waals surface area contributed by atoms with E-state index >= 15 is 0 Å². The van der Waals surface area contributed by atoms with Crippen LogP contribution >= 0.6 is 0 Å². The molecule has 0 spiro atoms. The van der Waals surface area contributed by atoms with E-state index in [1.807, 2.05) is 66.7 Å². The number of rotatable bonds is 5. The lowest BCUT2D eigenvalue weighted by Crippen LogP contribution is -2.24. The van der Waals surface area contributed by atoms with Crippen LogP contribution in [0.4, 0.5) is 0 Å². The van der Waals surface area contributed by atoms with Crippen molar-refractivity contribution in [1.29, 1.82) is 0 Å². The van der Waals surface area contributed by atoms with Gasteiger partial charge in [-0.1, -0.05) is 59.8 Å². The van der Waals surface area contributed by atoms with Crippen molar-refractivity contribution < 1.29 is 4.74 Å². The highest BCUT2D eigenvalue weighted by atomic mass is 16.5. The molecule has 0 aliphatic carbocycles. The number of ether oxygens (including phenoxy) is 1. The zero-order valence-corrected chi connectivity index (χ0v) is 14.1. The summed E-state index contributed by atoms with van der Waals surface area (Å²) in [7, 11) is 0. The summed E-state index contributed by atoms with van der Waals surface area (Å²) < 4.78 is 7.22. The van der Waals surface area contributed by atoms with Gasteiger partial charge in [-0.3, -0.25) is 4.79 Å². The summed E-state index contributed by atoms with van der Waals surface area (Å²) in [4.78, 5) is 12.6. The Labute approximate surface area is 150 Å². The molecular weight excluding hydrogens is 326 g/mol. The third-order valence-corrected chi connectivity index (χ3v) is 4.11. The monoisotopic (exact) mass is 343 g/mol. The van der Waals surface area contributed by atoms with E-state index in [2.05, 4.69) is 10.3 Å². The number of nitrogens with zero attached hydrogens (tertiary/aromatic N) is 3. The Bertz CT molecular complexity index is 1090. The van der Waals surface area contributed by atoms with E-state index in [4.69, 9.17) is 4.74 Å². The van der Waals surface area contributed by atoms with Crippen LogP contribution in [0.1, 0.15) is 11.1 Å². The third-order valence-electron chi connectivity index (χ3n) is 4.11. The molecule has 1 heterocycles. The molecule has 5 heteroatoms. The summed E-state index contributed by atoms with van der Waals surface area (Å²) >= 11 is 0. The van der Waals surface area contributed by atoms with Crippen LogP contribution in [-0.4, -0.2) is 15.0 Å². The van der Waals surface area contributed by atoms with Gasteiger partial charge in [0, 0.05) is 0 Å². The quantitative estimate of drug-likeness (QED) is 0.557. The van der Waals surface area contributed by atoms with Gasteiger partial charge < -0.3 is 4.74 Å². The van der Waals surface area contributed by atoms with E-state index in [9.17, 15) is 4.79 Å². The van der Waals surface area contributed by atoms with Crippen molar-refractivity contribution in [2.75, 3.05) is 0 Å². The van der Waals surface area contributed by atoms with Crippen LogP contribution in [0.3, 0.4) is 0 Å². The Morgan fingerprint density at radius 2 is 1.62 bits per heavy atom. The van der Waals surface area contributed by atoms with E-state index in [-0.39, 0.29) is 5.56 Å². The van der Waals surface area contributed by atoms with E-state index in [0.717, 1.165) is 16.9 Å². The van der Waals surface area contributed by atoms with Crippen molar-refractivity contribution in [2.45, 2.75) is 13.2 Å². The van der Waals surface area contributed by atoms with Crippen molar-refractivity contribution in [3.8, 4) is 5.75 Å². The first-order valence-corrected chi connectivity index (χ1v) is 8.38. The highest BCUT2D eigenvalue weighted by Crippen LogP contribution is 2.16. The zero-order valence-electron chi connectivity index (χ0n) is 14.1. The molecule has 0 atom stereocenters. The molecule has 5 nitrogen and oxygen atoms in total. The molecule has 0 amide bonds. The second-order valence-electron chi connectivity index (χ2n) is 5.99. The van der Waals surface area contributed by atoms with Crippen LogP contribution in [0.2, 0.25) is 0 Å². The standard InChI is InChI=1S/C21H17N3O2/c25-21-19-11-4-5-12-20(19)22-23-24(21)14-17-9-6-10-18(13-17)26-15-16-7-2-1-3-8-16/h1-13H,14-15H2. The van der Waals surface area contributed by atoms with Crippen molar-refractivity contribution in [3.63, 3.8) is 0 Å². The summed E-state index contributed by atoms with van der Waals surface area (Å²) in [5.41, 5.74) is 2.50. The Hall–Kier alpha value is -3.47. The van der Waals surface area contributed by atoms with Crippen LogP contribution in [0, 0.1) is 0 Å². The summed E-state index contributed by atoms with van der Waals surface area (Å²) in [6.07, 6.45) is 0. The molecule has 0 N–H and O–H groups in total. The zero-order chi connectivity index (χ0) is 17.8. The van der Waals surface area contributed by atoms with Crippen molar-refractivity contribution >= 4 is 10.9 Å². The second-order valence-corrected chi connectivity index (χ2v) is 5.99. The molecule has 0 aliphatic rings. The van der Waals surface area contributed by atoms with E-state index in [0.29, 0.717) is 24.1 Å². The molecule has 0 saturated carbocycles. The summed E-state index contributed by atoms with van der Waals surface area (Å²) in [6, 6.07) is 24.9. The fourth-order valence-electron chi connectivity index (χ4n) is 2.77. The highest BCUT2D eigenvalue weighted by Gasteiger charge is 2.06. The molecular formula is C21H17N3O2. The maximum Gasteiger partial charge on any atom is 0.277 e. The molecule has 26 heavy (non-hydrogen) atoms. The first kappa shape index (κ1) is 16.0. The van der Waals surface area contributed by atoms with Gasteiger partial charge >= 0.3 is 0 Å². The van der Waals surface area contributed by atoms with E-state index in [1.165, 1.54) is 4.68 Å². The Kier molecular flexibility index (Phi) is 4.43. The predicted octanol–water partition coefficient (Wildman–Crippen LogP) is 3.42. The van der Waals surface area contributed by atoms with Gasteiger partial charge in [0.1, 0.15) is 17.9 Å². The number of aromatic nitrogens is 3. The molecule has 3 aromatic carbocycles. The van der Waals surface area contributed by atoms with Crippen LogP contribution < -0.4 is 10.3 Å². The molecule has 0 aliphatic heterocycles. The van der Waals surface area contributed by atoms with Crippen molar-refractivity contribution in [3.05, 3.63) is 100 Å². The number of benzene rings is 3. The minimum absolute atomic E-state index is 0.147. The van der Waals surface area contributed by atoms with Gasteiger partial charge in [0.15, 0.2) is 0 Å². The molecule has 128 valence electrons. The predicted molar refractivity (Wildman–Crippen MR) is 100 cm³/mol. The second kappa shape index (κ2) is 7.19. The van der Waals surface area contributed by atoms with Gasteiger partial charge in [0.05, 0.1) is 11.9 Å². The summed E-state index contributed by atoms with van der Waals surface area (Å²) in [5.74, 6) is 0.758. The smallest absolute Gasteiger partial charge is 0.277 e. The largest absolute Gasteiger partial charge is 0.489 e. The average molecular weight is 343 g/mol. The average Bonchev–Trinajstić information content (AvgIpc) is 2.70. The van der Waals surface area contributed by atoms with Crippen molar-refractivity contribution in [2.24, 2.45) is 0 Å². The topological polar surface area (TPSA) is 57.0 Å². The molecule has 1 aromatic heterocycles. The van der Waals surface area contributed by atoms with Gasteiger partial charge in [-0.25, -0.2) is 4.68 Å². The number of fused-ring (bicyclic) bond motifs is 1. The van der Waals surface area contributed by atoms with Crippen LogP contribution in [0.25, 0.3) is 10.9 Å². The molecule has 0 bridgehead atoms. The first-order valence-electron chi connectivity index (χ1n) is 8.38. The first-order chi connectivity index (χ1) is 12.8. The van der Waals surface area contributed by atoms with Gasteiger partial charge in [0.25, 0.3) is 5.56 Å². The Balaban J connectivity index is 1.54. The minimum atomic E-state index is -0.147. The summed E-state index contributed by atoms with van der Waals surface area (Å²) in [6.45, 7) is 0.846. The van der Waals surface area contributed by atoms with Gasteiger partial charge in [0.2, 0.25) is 0 Å². The van der Waals surface area contributed by atoms with Gasteiger partial charge in [-0.05, 0) is 35.4 Å². The fraction of sp³-hybridized carbons (Fsp3) is 0.0952. The van der Waals surface area contributed by atoms with Crippen LogP contribution in [-0.2, 0) is 13.2 Å². The Morgan fingerprint density at radius 1 is 0.846 bits per heavy atom. The summed E-state index contributed by atoms with van der Waals surface area (Å²) in [5, 5.41) is 8.73. The normalized spacial score (nSPS) is 10.8. The van der Waals surface area contributed by atoms with Crippen LogP contribution in [0.15, 0.2) is 83.7 Å². The molecule has 0 unspecified atom stereocenters. The van der Waals surface area contributed by atoms with E-state index < -0.39 is 0 Å². The molecule has 4 aromatic rings. The molecule has 0 radical (unpaired) electrons. The number of hydrogen-bond donors (Lipinski definition) is 0. The lowest BCUT2D eigenvalue weighted by molar-refractivity contribution is 0.306. The number of hydrogen-bond acceptors (Lipinski definition) is 4.